The first kappa shape index (κ1) is 32.9. The number of carboxylic acids is 1. The van der Waals surface area contributed by atoms with Gasteiger partial charge in [0.05, 0.1) is 0 Å². The van der Waals surface area contributed by atoms with Crippen LogP contribution in [-0.2, 0) is 4.79 Å². The number of rotatable bonds is 25. The Morgan fingerprint density at radius 3 is 0.833 bits per heavy atom. The maximum atomic E-state index is 10.4. The summed E-state index contributed by atoms with van der Waals surface area (Å²) < 4.78 is 0. The van der Waals surface area contributed by atoms with Gasteiger partial charge in [-0.1, -0.05) is 155 Å². The van der Waals surface area contributed by atoms with E-state index in [-0.39, 0.29) is 37.7 Å². The van der Waals surface area contributed by atoms with Crippen LogP contribution in [0.15, 0.2) is 0 Å². The quantitative estimate of drug-likeness (QED) is 0.111. The van der Waals surface area contributed by atoms with Crippen molar-refractivity contribution in [3.8, 4) is 0 Å². The molecule has 0 spiro atoms. The molecule has 0 amide bonds. The Hall–Kier alpha value is 0.730. The second-order valence-electron chi connectivity index (χ2n) is 9.28. The summed E-state index contributed by atoms with van der Waals surface area (Å²) in [6.07, 6.45) is 33.5. The molecule has 0 saturated carbocycles. The van der Waals surface area contributed by atoms with Crippen molar-refractivity contribution in [2.75, 3.05) is 0 Å². The Balaban J connectivity index is 0. The molecule has 0 unspecified atom stereocenters. The minimum atomic E-state index is -0.649. The number of aliphatic carboxylic acids is 1. The molecule has 0 aromatic rings. The van der Waals surface area contributed by atoms with E-state index in [0.717, 1.165) is 12.8 Å². The molecular formula is C27H56CaO2. The molecule has 178 valence electrons. The van der Waals surface area contributed by atoms with Gasteiger partial charge in [-0.05, 0) is 6.42 Å². The maximum absolute atomic E-state index is 10.4. The normalized spacial score (nSPS) is 10.8. The summed E-state index contributed by atoms with van der Waals surface area (Å²) in [5.74, 6) is -0.649. The molecule has 0 aliphatic rings. The third kappa shape index (κ3) is 30.9. The van der Waals surface area contributed by atoms with Crippen LogP contribution in [0.4, 0.5) is 0 Å². The zero-order chi connectivity index (χ0) is 21.3. The number of hydrogen-bond acceptors (Lipinski definition) is 1. The number of unbranched alkanes of at least 4 members (excludes halogenated alkanes) is 23. The standard InChI is InChI=1S/C27H54O2.Ca.2H/c1-2-3-4-5-6-7-8-9-10-11-12-13-14-15-16-17-18-19-20-21-22-23-24-25-26-27(28)29;;;/h2-26H2,1H3,(H,28,29);;;. The van der Waals surface area contributed by atoms with E-state index in [4.69, 9.17) is 5.11 Å². The fourth-order valence-electron chi connectivity index (χ4n) is 4.24. The second-order valence-corrected chi connectivity index (χ2v) is 9.28. The van der Waals surface area contributed by atoms with Crippen LogP contribution >= 0.6 is 0 Å². The summed E-state index contributed by atoms with van der Waals surface area (Å²) in [6.45, 7) is 2.29. The van der Waals surface area contributed by atoms with E-state index in [9.17, 15) is 4.79 Å². The molecule has 0 saturated heterocycles. The summed E-state index contributed by atoms with van der Waals surface area (Å²) in [6, 6.07) is 0. The van der Waals surface area contributed by atoms with Gasteiger partial charge in [-0.2, -0.15) is 0 Å². The summed E-state index contributed by atoms with van der Waals surface area (Å²) >= 11 is 0. The third-order valence-corrected chi connectivity index (χ3v) is 6.24. The minimum absolute atomic E-state index is 0. The fraction of sp³-hybridized carbons (Fsp3) is 0.963. The first-order valence-corrected chi connectivity index (χ1v) is 13.5. The third-order valence-electron chi connectivity index (χ3n) is 6.24. The van der Waals surface area contributed by atoms with E-state index < -0.39 is 5.97 Å². The van der Waals surface area contributed by atoms with Crippen LogP contribution in [0.1, 0.15) is 167 Å². The Kier molecular flexibility index (Phi) is 32.6. The molecule has 0 aromatic heterocycles. The molecule has 0 atom stereocenters. The summed E-state index contributed by atoms with van der Waals surface area (Å²) in [5, 5.41) is 8.59. The Morgan fingerprint density at radius 1 is 0.433 bits per heavy atom. The van der Waals surface area contributed by atoms with Gasteiger partial charge in [-0.3, -0.25) is 4.79 Å². The average Bonchev–Trinajstić information content (AvgIpc) is 2.71. The molecule has 0 aliphatic heterocycles. The fourth-order valence-corrected chi connectivity index (χ4v) is 4.24. The zero-order valence-corrected chi connectivity index (χ0v) is 20.0. The van der Waals surface area contributed by atoms with Crippen LogP contribution in [0, 0.1) is 0 Å². The SMILES string of the molecule is CCCCCCCCCCCCCCCCCCCCCCCCCCC(=O)O.[CaH2]. The van der Waals surface area contributed by atoms with Crippen LogP contribution in [0.5, 0.6) is 0 Å². The molecule has 0 radical (unpaired) electrons. The molecule has 2 nitrogen and oxygen atoms in total. The molecule has 0 heterocycles. The van der Waals surface area contributed by atoms with Crippen LogP contribution in [0.2, 0.25) is 0 Å². The molecule has 1 N–H and O–H groups in total. The molecule has 0 aliphatic carbocycles. The van der Waals surface area contributed by atoms with Gasteiger partial charge in [-0.25, -0.2) is 0 Å². The van der Waals surface area contributed by atoms with E-state index in [0.29, 0.717) is 6.42 Å². The van der Waals surface area contributed by atoms with Gasteiger partial charge >= 0.3 is 43.7 Å². The first-order chi connectivity index (χ1) is 14.3. The first-order valence-electron chi connectivity index (χ1n) is 13.5. The monoisotopic (exact) mass is 452 g/mol. The van der Waals surface area contributed by atoms with Crippen molar-refractivity contribution in [1.82, 2.24) is 0 Å². The number of hydrogen-bond donors (Lipinski definition) is 1. The Morgan fingerprint density at radius 2 is 0.633 bits per heavy atom. The molecule has 0 aromatic carbocycles. The van der Waals surface area contributed by atoms with Crippen molar-refractivity contribution >= 4 is 43.7 Å². The Labute approximate surface area is 219 Å². The van der Waals surface area contributed by atoms with Crippen molar-refractivity contribution in [3.05, 3.63) is 0 Å². The van der Waals surface area contributed by atoms with Gasteiger partial charge in [0, 0.05) is 6.42 Å². The molecular weight excluding hydrogens is 396 g/mol. The average molecular weight is 453 g/mol. The van der Waals surface area contributed by atoms with Crippen LogP contribution in [-0.4, -0.2) is 48.8 Å². The molecule has 0 rings (SSSR count). The van der Waals surface area contributed by atoms with Crippen molar-refractivity contribution in [2.24, 2.45) is 0 Å². The van der Waals surface area contributed by atoms with Gasteiger partial charge in [0.25, 0.3) is 0 Å². The van der Waals surface area contributed by atoms with E-state index in [1.54, 1.807) is 0 Å². The van der Waals surface area contributed by atoms with E-state index in [1.807, 2.05) is 0 Å². The number of carboxylic acid groups (broad SMARTS) is 1. The van der Waals surface area contributed by atoms with Crippen LogP contribution < -0.4 is 0 Å². The summed E-state index contributed by atoms with van der Waals surface area (Å²) in [5.41, 5.74) is 0. The number of carbonyl (C=O) groups is 1. The second kappa shape index (κ2) is 29.7. The molecule has 30 heavy (non-hydrogen) atoms. The van der Waals surface area contributed by atoms with Crippen molar-refractivity contribution in [3.63, 3.8) is 0 Å². The summed E-state index contributed by atoms with van der Waals surface area (Å²) in [4.78, 5) is 10.4. The predicted octanol–water partition coefficient (Wildman–Crippen LogP) is 8.93. The van der Waals surface area contributed by atoms with E-state index >= 15 is 0 Å². The molecule has 0 bridgehead atoms. The van der Waals surface area contributed by atoms with Crippen LogP contribution in [0.3, 0.4) is 0 Å². The van der Waals surface area contributed by atoms with E-state index in [2.05, 4.69) is 6.92 Å². The van der Waals surface area contributed by atoms with Crippen molar-refractivity contribution in [2.45, 2.75) is 167 Å². The van der Waals surface area contributed by atoms with Gasteiger partial charge in [0.1, 0.15) is 0 Å². The predicted molar refractivity (Wildman–Crippen MR) is 137 cm³/mol. The Bertz CT molecular complexity index is 320. The van der Waals surface area contributed by atoms with Gasteiger partial charge in [0.15, 0.2) is 0 Å². The van der Waals surface area contributed by atoms with Crippen LogP contribution in [0.25, 0.3) is 0 Å². The van der Waals surface area contributed by atoms with E-state index in [1.165, 1.54) is 141 Å². The summed E-state index contributed by atoms with van der Waals surface area (Å²) in [7, 11) is 0. The van der Waals surface area contributed by atoms with Gasteiger partial charge < -0.3 is 5.11 Å². The van der Waals surface area contributed by atoms with Gasteiger partial charge in [0.2, 0.25) is 0 Å². The van der Waals surface area contributed by atoms with Crippen molar-refractivity contribution < 1.29 is 9.90 Å². The van der Waals surface area contributed by atoms with Gasteiger partial charge in [-0.15, -0.1) is 0 Å². The topological polar surface area (TPSA) is 37.3 Å². The molecule has 0 fully saturated rings. The molecule has 3 heteroatoms. The van der Waals surface area contributed by atoms with Crippen molar-refractivity contribution in [1.29, 1.82) is 0 Å². The zero-order valence-electron chi connectivity index (χ0n) is 20.0.